The number of carboxylic acids is 1. The van der Waals surface area contributed by atoms with Gasteiger partial charge in [0.05, 0.1) is 6.61 Å². The van der Waals surface area contributed by atoms with Gasteiger partial charge in [0, 0.05) is 12.0 Å². The van der Waals surface area contributed by atoms with E-state index in [0.717, 1.165) is 18.2 Å². The summed E-state index contributed by atoms with van der Waals surface area (Å²) in [5.74, 6) is -1.63. The minimum absolute atomic E-state index is 0.0195. The highest BCUT2D eigenvalue weighted by Crippen LogP contribution is 2.32. The highest BCUT2D eigenvalue weighted by atomic mass is 19.4. The van der Waals surface area contributed by atoms with Crippen LogP contribution in [0.25, 0.3) is 11.1 Å². The Balaban J connectivity index is 2.17. The van der Waals surface area contributed by atoms with Gasteiger partial charge in [0.2, 0.25) is 0 Å². The summed E-state index contributed by atoms with van der Waals surface area (Å²) in [5, 5.41) is 8.58. The fourth-order valence-corrected chi connectivity index (χ4v) is 2.31. The van der Waals surface area contributed by atoms with Crippen molar-refractivity contribution < 1.29 is 36.9 Å². The molecule has 8 heteroatoms. The van der Waals surface area contributed by atoms with Gasteiger partial charge in [-0.2, -0.15) is 0 Å². The van der Waals surface area contributed by atoms with E-state index < -0.39 is 23.9 Å². The van der Waals surface area contributed by atoms with Crippen LogP contribution in [0.4, 0.5) is 17.6 Å². The lowest BCUT2D eigenvalue weighted by atomic mass is 10.0. The minimum Gasteiger partial charge on any atom is -0.493 e. The molecule has 0 amide bonds. The van der Waals surface area contributed by atoms with E-state index in [9.17, 15) is 22.4 Å². The van der Waals surface area contributed by atoms with Crippen molar-refractivity contribution in [2.24, 2.45) is 0 Å². The molecule has 0 unspecified atom stereocenters. The van der Waals surface area contributed by atoms with Crippen molar-refractivity contribution in [3.05, 3.63) is 47.8 Å². The van der Waals surface area contributed by atoms with Crippen molar-refractivity contribution in [2.75, 3.05) is 6.61 Å². The van der Waals surface area contributed by atoms with Crippen LogP contribution in [0.2, 0.25) is 0 Å². The average Bonchev–Trinajstić information content (AvgIpc) is 2.53. The van der Waals surface area contributed by atoms with Crippen molar-refractivity contribution in [3.8, 4) is 22.6 Å². The molecule has 0 aliphatic rings. The van der Waals surface area contributed by atoms with E-state index in [1.807, 2.05) is 0 Å². The molecule has 0 fully saturated rings. The molecule has 0 atom stereocenters. The number of rotatable bonds is 7. The minimum atomic E-state index is -4.86. The van der Waals surface area contributed by atoms with E-state index in [2.05, 4.69) is 4.74 Å². The van der Waals surface area contributed by atoms with E-state index in [1.165, 1.54) is 6.07 Å². The summed E-state index contributed by atoms with van der Waals surface area (Å²) in [5.41, 5.74) is 0.970. The third-order valence-corrected chi connectivity index (χ3v) is 3.45. The number of hydrogen-bond donors (Lipinski definition) is 1. The maximum atomic E-state index is 14.0. The summed E-state index contributed by atoms with van der Waals surface area (Å²) in [6.07, 6.45) is -4.55. The molecule has 0 heterocycles. The van der Waals surface area contributed by atoms with Gasteiger partial charge in [0.25, 0.3) is 0 Å². The highest BCUT2D eigenvalue weighted by molar-refractivity contribution is 5.68. The molecule has 2 aromatic carbocycles. The van der Waals surface area contributed by atoms with Crippen LogP contribution < -0.4 is 9.47 Å². The third kappa shape index (κ3) is 5.65. The Kier molecular flexibility index (Phi) is 6.07. The topological polar surface area (TPSA) is 55.8 Å². The van der Waals surface area contributed by atoms with Gasteiger partial charge >= 0.3 is 12.3 Å². The van der Waals surface area contributed by atoms with Gasteiger partial charge in [-0.1, -0.05) is 6.07 Å². The molecule has 140 valence electrons. The molecule has 4 nitrogen and oxygen atoms in total. The van der Waals surface area contributed by atoms with Crippen molar-refractivity contribution in [1.29, 1.82) is 0 Å². The second-order valence-corrected chi connectivity index (χ2v) is 5.52. The summed E-state index contributed by atoms with van der Waals surface area (Å²) in [4.78, 5) is 10.5. The zero-order valence-corrected chi connectivity index (χ0v) is 13.8. The van der Waals surface area contributed by atoms with Gasteiger partial charge in [-0.25, -0.2) is 4.39 Å². The number of benzene rings is 2. The van der Waals surface area contributed by atoms with Crippen LogP contribution in [-0.4, -0.2) is 24.0 Å². The summed E-state index contributed by atoms with van der Waals surface area (Å²) in [6.45, 7) is 1.90. The fraction of sp³-hybridized carbons (Fsp3) is 0.278. The van der Waals surface area contributed by atoms with Crippen LogP contribution in [0.1, 0.15) is 18.4 Å². The third-order valence-electron chi connectivity index (χ3n) is 3.45. The number of aliphatic carboxylic acids is 1. The predicted molar refractivity (Wildman–Crippen MR) is 85.6 cm³/mol. The Morgan fingerprint density at radius 3 is 2.50 bits per heavy atom. The number of ether oxygens (including phenoxy) is 2. The number of halogens is 4. The first-order chi connectivity index (χ1) is 12.2. The van der Waals surface area contributed by atoms with Crippen LogP contribution in [0, 0.1) is 12.7 Å². The summed E-state index contributed by atoms with van der Waals surface area (Å²) < 4.78 is 60.3. The lowest BCUT2D eigenvalue weighted by Crippen LogP contribution is -2.17. The van der Waals surface area contributed by atoms with Gasteiger partial charge in [0.15, 0.2) is 0 Å². The van der Waals surface area contributed by atoms with Crippen molar-refractivity contribution in [2.45, 2.75) is 26.1 Å². The molecule has 0 aromatic heterocycles. The smallest absolute Gasteiger partial charge is 0.493 e. The maximum Gasteiger partial charge on any atom is 0.573 e. The monoisotopic (exact) mass is 372 g/mol. The number of alkyl halides is 3. The molecule has 2 rings (SSSR count). The van der Waals surface area contributed by atoms with E-state index >= 15 is 0 Å². The number of aryl methyl sites for hydroxylation is 1. The van der Waals surface area contributed by atoms with Crippen molar-refractivity contribution in [1.82, 2.24) is 0 Å². The standard InChI is InChI=1S/C18H16F4O4/c1-11-9-12(4-7-16(11)25-8-2-3-17(23)24)14-10-13(5-6-15(14)19)26-18(20,21)22/h4-7,9-10H,2-3,8H2,1H3,(H,23,24). The Morgan fingerprint density at radius 1 is 1.15 bits per heavy atom. The van der Waals surface area contributed by atoms with Crippen LogP contribution in [0.5, 0.6) is 11.5 Å². The molecular formula is C18H16F4O4. The van der Waals surface area contributed by atoms with Crippen LogP contribution in [0.3, 0.4) is 0 Å². The molecule has 1 N–H and O–H groups in total. The Hall–Kier alpha value is -2.77. The molecule has 0 spiro atoms. The largest absolute Gasteiger partial charge is 0.573 e. The van der Waals surface area contributed by atoms with Crippen LogP contribution in [0.15, 0.2) is 36.4 Å². The van der Waals surface area contributed by atoms with Crippen molar-refractivity contribution in [3.63, 3.8) is 0 Å². The molecule has 0 aliphatic carbocycles. The van der Waals surface area contributed by atoms with Crippen molar-refractivity contribution >= 4 is 5.97 Å². The summed E-state index contributed by atoms with van der Waals surface area (Å²) in [6, 6.07) is 7.42. The molecule has 0 saturated carbocycles. The van der Waals surface area contributed by atoms with E-state index in [-0.39, 0.29) is 18.6 Å². The Labute approximate surface area is 147 Å². The lowest BCUT2D eigenvalue weighted by Gasteiger charge is -2.13. The maximum absolute atomic E-state index is 14.0. The SMILES string of the molecule is Cc1cc(-c2cc(OC(F)(F)F)ccc2F)ccc1OCCCC(=O)O. The molecule has 0 bridgehead atoms. The molecule has 0 radical (unpaired) electrons. The average molecular weight is 372 g/mol. The molecule has 0 saturated heterocycles. The summed E-state index contributed by atoms with van der Waals surface area (Å²) >= 11 is 0. The normalized spacial score (nSPS) is 11.3. The van der Waals surface area contributed by atoms with Gasteiger partial charge < -0.3 is 14.6 Å². The molecule has 0 aliphatic heterocycles. The zero-order chi connectivity index (χ0) is 19.3. The first-order valence-electron chi connectivity index (χ1n) is 7.66. The molecular weight excluding hydrogens is 356 g/mol. The van der Waals surface area contributed by atoms with E-state index in [4.69, 9.17) is 9.84 Å². The number of hydrogen-bond acceptors (Lipinski definition) is 3. The van der Waals surface area contributed by atoms with Gasteiger partial charge in [-0.15, -0.1) is 13.2 Å². The second kappa shape index (κ2) is 8.07. The number of carboxylic acid groups (broad SMARTS) is 1. The fourth-order valence-electron chi connectivity index (χ4n) is 2.31. The zero-order valence-electron chi connectivity index (χ0n) is 13.8. The van der Waals surface area contributed by atoms with Gasteiger partial charge in [-0.3, -0.25) is 4.79 Å². The lowest BCUT2D eigenvalue weighted by molar-refractivity contribution is -0.274. The molecule has 2 aromatic rings. The quantitative estimate of drug-likeness (QED) is 0.552. The first-order valence-corrected chi connectivity index (χ1v) is 7.66. The predicted octanol–water partition coefficient (Wildman–Crippen LogP) is 4.94. The van der Waals surface area contributed by atoms with Crippen LogP contribution >= 0.6 is 0 Å². The second-order valence-electron chi connectivity index (χ2n) is 5.52. The van der Waals surface area contributed by atoms with Gasteiger partial charge in [0.1, 0.15) is 17.3 Å². The highest BCUT2D eigenvalue weighted by Gasteiger charge is 2.31. The first kappa shape index (κ1) is 19.6. The van der Waals surface area contributed by atoms with Gasteiger partial charge in [-0.05, 0) is 54.8 Å². The Bertz CT molecular complexity index is 787. The Morgan fingerprint density at radius 2 is 1.88 bits per heavy atom. The number of carbonyl (C=O) groups is 1. The summed E-state index contributed by atoms with van der Waals surface area (Å²) in [7, 11) is 0. The van der Waals surface area contributed by atoms with E-state index in [1.54, 1.807) is 19.1 Å². The van der Waals surface area contributed by atoms with E-state index in [0.29, 0.717) is 23.3 Å². The molecule has 26 heavy (non-hydrogen) atoms. The van der Waals surface area contributed by atoms with Crippen LogP contribution in [-0.2, 0) is 4.79 Å².